The normalized spacial score (nSPS) is 13.3. The van der Waals surface area contributed by atoms with Crippen molar-refractivity contribution in [3.05, 3.63) is 142 Å². The maximum absolute atomic E-state index is 13.7. The first-order valence-corrected chi connectivity index (χ1v) is 30.6. The summed E-state index contributed by atoms with van der Waals surface area (Å²) in [7, 11) is -11.9. The second-order valence-corrected chi connectivity index (χ2v) is 25.6. The van der Waals surface area contributed by atoms with Gasteiger partial charge in [-0.3, -0.25) is 14.4 Å². The Morgan fingerprint density at radius 2 is 0.658 bits per heavy atom. The van der Waals surface area contributed by atoms with Crippen LogP contribution in [0.2, 0.25) is 0 Å². The molecule has 3 heterocycles. The Bertz CT molecular complexity index is 2690. The molecule has 3 amide bonds. The van der Waals surface area contributed by atoms with Crippen LogP contribution in [0.5, 0.6) is 0 Å². The van der Waals surface area contributed by atoms with Gasteiger partial charge in [0, 0.05) is 23.0 Å². The average Bonchev–Trinajstić information content (AvgIpc) is 4.21. The van der Waals surface area contributed by atoms with Gasteiger partial charge < -0.3 is 33.2 Å². The molecule has 12 N–H and O–H groups in total. The highest BCUT2D eigenvalue weighted by molar-refractivity contribution is 7.92. The first-order chi connectivity index (χ1) is 35.0. The molecule has 0 fully saturated rings. The van der Waals surface area contributed by atoms with Gasteiger partial charge in [0.2, 0.25) is 17.7 Å². The van der Waals surface area contributed by atoms with Crippen molar-refractivity contribution in [2.24, 2.45) is 17.2 Å². The summed E-state index contributed by atoms with van der Waals surface area (Å²) in [6.07, 6.45) is 4.01. The number of carbonyl (C=O) groups is 3. The molecule has 392 valence electrons. The molecule has 0 unspecified atom stereocenters. The molecule has 0 aliphatic heterocycles. The Hall–Kier alpha value is -5.22. The van der Waals surface area contributed by atoms with E-state index in [1.165, 1.54) is 18.2 Å². The lowest BCUT2D eigenvalue weighted by Crippen LogP contribution is -2.43. The molecule has 6 rings (SSSR count). The Morgan fingerprint density at radius 3 is 0.877 bits per heavy atom. The van der Waals surface area contributed by atoms with Crippen molar-refractivity contribution in [2.45, 2.75) is 94.5 Å². The minimum Gasteiger partial charge on any atom is -0.330 e. The van der Waals surface area contributed by atoms with Crippen molar-refractivity contribution in [3.63, 3.8) is 0 Å². The molecule has 0 bridgehead atoms. The molecule has 6 aromatic rings. The number of sulfonamides is 3. The van der Waals surface area contributed by atoms with Gasteiger partial charge in [-0.25, -0.2) is 25.3 Å². The number of rotatable bonds is 30. The fraction of sp³-hybridized carbons (Fsp3) is 0.327. The van der Waals surface area contributed by atoms with E-state index >= 15 is 0 Å². The molecule has 0 aliphatic carbocycles. The highest BCUT2D eigenvalue weighted by Crippen LogP contribution is 2.34. The lowest BCUT2D eigenvalue weighted by atomic mass is 9.85. The molecule has 3 atom stereocenters. The largest absolute Gasteiger partial charge is 0.330 e. The monoisotopic (exact) mass is 1110 g/mol. The predicted molar refractivity (Wildman–Crippen MR) is 290 cm³/mol. The van der Waals surface area contributed by atoms with Gasteiger partial charge in [-0.2, -0.15) is 14.2 Å². The summed E-state index contributed by atoms with van der Waals surface area (Å²) in [5.74, 6) is -2.10. The van der Waals surface area contributed by atoms with Crippen molar-refractivity contribution in [1.82, 2.24) is 14.2 Å². The van der Waals surface area contributed by atoms with E-state index in [0.717, 1.165) is 50.7 Å². The van der Waals surface area contributed by atoms with E-state index in [9.17, 15) is 39.6 Å². The molecular weight excluding hydrogens is 1050 g/mol. The van der Waals surface area contributed by atoms with Crippen molar-refractivity contribution in [3.8, 4) is 0 Å². The van der Waals surface area contributed by atoms with Crippen LogP contribution in [0.1, 0.15) is 80.4 Å². The van der Waals surface area contributed by atoms with Gasteiger partial charge in [0.15, 0.2) is 0 Å². The third kappa shape index (κ3) is 16.6. The summed E-state index contributed by atoms with van der Waals surface area (Å²) < 4.78 is 86.9. The summed E-state index contributed by atoms with van der Waals surface area (Å²) in [5, 5.41) is 13.5. The maximum atomic E-state index is 13.7. The highest BCUT2D eigenvalue weighted by Gasteiger charge is 2.30. The summed E-state index contributed by atoms with van der Waals surface area (Å²) >= 11 is 3.13. The van der Waals surface area contributed by atoms with E-state index in [1.807, 2.05) is 36.4 Å². The van der Waals surface area contributed by atoms with Crippen molar-refractivity contribution in [1.29, 1.82) is 0 Å². The quantitative estimate of drug-likeness (QED) is 0.0178. The van der Waals surface area contributed by atoms with Gasteiger partial charge in [0.25, 0.3) is 30.1 Å². The van der Waals surface area contributed by atoms with Crippen molar-refractivity contribution in [2.75, 3.05) is 35.6 Å². The number of thiophene rings is 3. The highest BCUT2D eigenvalue weighted by atomic mass is 32.3. The Kier molecular flexibility index (Phi) is 21.4. The number of hydrogen-bond acceptors (Lipinski definition) is 15. The van der Waals surface area contributed by atoms with Crippen LogP contribution in [-0.2, 0) is 44.5 Å². The first-order valence-electron chi connectivity index (χ1n) is 23.5. The van der Waals surface area contributed by atoms with E-state index < -0.39 is 71.8 Å². The van der Waals surface area contributed by atoms with E-state index in [4.69, 9.17) is 17.2 Å². The van der Waals surface area contributed by atoms with Crippen LogP contribution >= 0.6 is 34.0 Å². The zero-order valence-corrected chi connectivity index (χ0v) is 44.7. The van der Waals surface area contributed by atoms with Crippen LogP contribution in [0.4, 0.5) is 17.1 Å². The molecule has 0 aliphatic rings. The third-order valence-corrected chi connectivity index (χ3v) is 20.1. The minimum absolute atomic E-state index is 0.0879. The van der Waals surface area contributed by atoms with Crippen molar-refractivity contribution >= 4 is 98.9 Å². The molecule has 73 heavy (non-hydrogen) atoms. The summed E-state index contributed by atoms with van der Waals surface area (Å²) in [4.78, 5) is 41.1. The summed E-state index contributed by atoms with van der Waals surface area (Å²) in [6.45, 7) is 1.15. The number of amides is 3. The molecule has 18 nitrogen and oxygen atoms in total. The van der Waals surface area contributed by atoms with Crippen molar-refractivity contribution < 1.29 is 39.6 Å². The fourth-order valence-electron chi connectivity index (χ4n) is 7.74. The number of unbranched alkanes of at least 4 members (excludes halogenated alkanes) is 3. The van der Waals surface area contributed by atoms with Gasteiger partial charge in [-0.1, -0.05) is 73.9 Å². The van der Waals surface area contributed by atoms with Crippen LogP contribution in [0, 0.1) is 0 Å². The predicted octanol–water partition coefficient (Wildman–Crippen LogP) is 6.30. The Labute approximate surface area is 439 Å². The van der Waals surface area contributed by atoms with Gasteiger partial charge >= 0.3 is 0 Å². The van der Waals surface area contributed by atoms with Crippen LogP contribution in [0.15, 0.2) is 138 Å². The van der Waals surface area contributed by atoms with Crippen LogP contribution < -0.4 is 47.3 Å². The molecule has 0 saturated carbocycles. The molecule has 3 aromatic carbocycles. The van der Waals surface area contributed by atoms with Gasteiger partial charge in [-0.05, 0) is 146 Å². The number of anilines is 3. The lowest BCUT2D eigenvalue weighted by molar-refractivity contribution is -0.118. The smallest absolute Gasteiger partial charge is 0.250 e. The fourth-order valence-corrected chi connectivity index (χ4v) is 14.5. The Morgan fingerprint density at radius 1 is 0.397 bits per heavy atom. The number of benzene rings is 3. The number of nitrogens with two attached hydrogens (primary N) is 3. The summed E-state index contributed by atoms with van der Waals surface area (Å²) in [6, 6.07) is 27.2. The van der Waals surface area contributed by atoms with E-state index in [-0.39, 0.29) is 31.9 Å². The molecular formula is C49H61N9O9S6. The number of hydrogen-bond donors (Lipinski definition) is 9. The Balaban J connectivity index is 1.26. The molecule has 0 saturated heterocycles. The zero-order chi connectivity index (χ0) is 52.4. The second-order valence-electron chi connectivity index (χ2n) is 16.9. The van der Waals surface area contributed by atoms with E-state index in [2.05, 4.69) is 30.1 Å². The summed E-state index contributed by atoms with van der Waals surface area (Å²) in [5.41, 5.74) is 20.7. The van der Waals surface area contributed by atoms with E-state index in [1.54, 1.807) is 70.7 Å². The van der Waals surface area contributed by atoms with Gasteiger partial charge in [0.1, 0.15) is 30.8 Å². The molecule has 3 aromatic heterocycles. The SMILES string of the molecule is NCCCC[C@@H](NS(=O)(=O)c1cccs1)C(=O)Nc1ccc(C(c2ccc(NC(=O)[C@@H](CCCCN)NS(=O)(=O)c3cccs3)cc2)c2ccc(NC(=O)[C@@H](CCCCN)NS(=O)(=O)c3cccs3)cc2)cc1. The number of carbonyl (C=O) groups excluding carboxylic acids is 3. The topological polar surface area (TPSA) is 304 Å². The van der Waals surface area contributed by atoms with Crippen LogP contribution in [0.3, 0.4) is 0 Å². The molecule has 0 radical (unpaired) electrons. The van der Waals surface area contributed by atoms with E-state index in [0.29, 0.717) is 75.2 Å². The standard InChI is InChI=1S/C49H61N9O9S6/c50-28-4-1-10-40(56-71(62,63)43-13-7-31-68-43)47(59)53-37-22-16-34(17-23-37)46(35-18-24-38(25-19-35)54-48(60)41(11-2-5-29-51)57-72(64,65)44-14-8-32-69-44)36-20-26-39(27-21-36)55-49(61)42(12-3-6-30-52)58-73(66,67)45-15-9-33-70-45/h7-9,13-27,31-33,40-42,46,56-58H,1-6,10-12,28-30,50-52H2,(H,53,59)(H,54,60)(H,55,61)/t40-,41-,42-/m1/s1. The van der Waals surface area contributed by atoms with Crippen LogP contribution in [-0.4, -0.2) is 80.7 Å². The third-order valence-electron chi connectivity index (χ3n) is 11.5. The maximum Gasteiger partial charge on any atom is 0.250 e. The molecule has 24 heteroatoms. The second kappa shape index (κ2) is 27.4. The first kappa shape index (κ1) is 57.1. The van der Waals surface area contributed by atoms with Crippen LogP contribution in [0.25, 0.3) is 0 Å². The number of nitrogens with one attached hydrogen (secondary N) is 6. The lowest BCUT2D eigenvalue weighted by Gasteiger charge is -2.22. The minimum atomic E-state index is -3.97. The molecule has 0 spiro atoms. The zero-order valence-electron chi connectivity index (χ0n) is 39.8. The van der Waals surface area contributed by atoms with Gasteiger partial charge in [-0.15, -0.1) is 34.0 Å². The average molecular weight is 1110 g/mol. The van der Waals surface area contributed by atoms with Gasteiger partial charge in [0.05, 0.1) is 0 Å².